The van der Waals surface area contributed by atoms with Gasteiger partial charge in [-0.25, -0.2) is 4.79 Å². The first-order valence-electron chi connectivity index (χ1n) is 6.68. The van der Waals surface area contributed by atoms with Gasteiger partial charge in [-0.2, -0.15) is 0 Å². The summed E-state index contributed by atoms with van der Waals surface area (Å²) >= 11 is 3.47. The van der Waals surface area contributed by atoms with E-state index < -0.39 is 6.04 Å². The smallest absolute Gasteiger partial charge is 0.332 e. The first-order valence-corrected chi connectivity index (χ1v) is 7.47. The first kappa shape index (κ1) is 15.6. The molecule has 0 aromatic heterocycles. The van der Waals surface area contributed by atoms with Gasteiger partial charge in [-0.1, -0.05) is 45.8 Å². The fourth-order valence-electron chi connectivity index (χ4n) is 2.06. The number of methoxy groups -OCH3 is 1. The number of benzene rings is 2. The van der Waals surface area contributed by atoms with Crippen molar-refractivity contribution in [3.63, 3.8) is 0 Å². The fraction of sp³-hybridized carbons (Fsp3) is 0.235. The Morgan fingerprint density at radius 2 is 1.81 bits per heavy atom. The van der Waals surface area contributed by atoms with Gasteiger partial charge < -0.3 is 10.1 Å². The number of carbonyl (C=O) groups excluding carboxylic acids is 1. The van der Waals surface area contributed by atoms with Crippen LogP contribution in [0.4, 0.5) is 5.69 Å². The molecule has 0 saturated heterocycles. The molecule has 0 aliphatic carbocycles. The molecule has 0 radical (unpaired) electrons. The highest BCUT2D eigenvalue weighted by molar-refractivity contribution is 9.10. The summed E-state index contributed by atoms with van der Waals surface area (Å²) in [6.45, 7) is 4.02. The van der Waals surface area contributed by atoms with Crippen LogP contribution in [0.3, 0.4) is 0 Å². The minimum absolute atomic E-state index is 0.308. The van der Waals surface area contributed by atoms with Gasteiger partial charge in [0.1, 0.15) is 0 Å². The molecule has 1 unspecified atom stereocenters. The van der Waals surface area contributed by atoms with Crippen molar-refractivity contribution in [2.75, 3.05) is 12.4 Å². The molecule has 0 spiro atoms. The van der Waals surface area contributed by atoms with E-state index in [4.69, 9.17) is 4.74 Å². The van der Waals surface area contributed by atoms with E-state index in [1.54, 1.807) is 0 Å². The van der Waals surface area contributed by atoms with Crippen LogP contribution in [0.25, 0.3) is 0 Å². The Kier molecular flexibility index (Phi) is 5.02. The Morgan fingerprint density at radius 3 is 2.38 bits per heavy atom. The van der Waals surface area contributed by atoms with Crippen molar-refractivity contribution in [2.45, 2.75) is 19.9 Å². The van der Waals surface area contributed by atoms with Crippen LogP contribution in [0.5, 0.6) is 0 Å². The quantitative estimate of drug-likeness (QED) is 0.833. The number of halogens is 1. The van der Waals surface area contributed by atoms with Gasteiger partial charge in [-0.3, -0.25) is 0 Å². The lowest BCUT2D eigenvalue weighted by atomic mass is 10.0. The Balaban J connectivity index is 2.31. The maximum atomic E-state index is 12.1. The Labute approximate surface area is 133 Å². The number of ether oxygens (including phenoxy) is 1. The molecule has 110 valence electrons. The van der Waals surface area contributed by atoms with Crippen LogP contribution in [-0.2, 0) is 9.53 Å². The molecule has 0 amide bonds. The van der Waals surface area contributed by atoms with Gasteiger partial charge in [0.2, 0.25) is 0 Å². The molecule has 2 aromatic carbocycles. The second-order valence-corrected chi connectivity index (χ2v) is 5.83. The highest BCUT2D eigenvalue weighted by Gasteiger charge is 2.21. The first-order chi connectivity index (χ1) is 10.0. The second kappa shape index (κ2) is 6.76. The fourth-order valence-corrected chi connectivity index (χ4v) is 2.31. The summed E-state index contributed by atoms with van der Waals surface area (Å²) in [5.41, 5.74) is 4.02. The maximum absolute atomic E-state index is 12.1. The number of hydrogen-bond donors (Lipinski definition) is 1. The van der Waals surface area contributed by atoms with Crippen LogP contribution in [0.2, 0.25) is 0 Å². The van der Waals surface area contributed by atoms with Crippen LogP contribution in [0, 0.1) is 13.8 Å². The van der Waals surface area contributed by atoms with Gasteiger partial charge in [0.25, 0.3) is 0 Å². The van der Waals surface area contributed by atoms with E-state index in [1.165, 1.54) is 12.7 Å². The monoisotopic (exact) mass is 347 g/mol. The molecule has 1 N–H and O–H groups in total. The molecule has 0 heterocycles. The zero-order chi connectivity index (χ0) is 15.4. The van der Waals surface area contributed by atoms with Crippen molar-refractivity contribution in [2.24, 2.45) is 0 Å². The lowest BCUT2D eigenvalue weighted by Crippen LogP contribution is -2.22. The van der Waals surface area contributed by atoms with E-state index >= 15 is 0 Å². The highest BCUT2D eigenvalue weighted by atomic mass is 79.9. The van der Waals surface area contributed by atoms with Gasteiger partial charge in [-0.15, -0.1) is 0 Å². The molecular formula is C17H18BrNO2. The van der Waals surface area contributed by atoms with Crippen molar-refractivity contribution in [1.82, 2.24) is 0 Å². The minimum Gasteiger partial charge on any atom is -0.467 e. The molecule has 21 heavy (non-hydrogen) atoms. The summed E-state index contributed by atoms with van der Waals surface area (Å²) in [7, 11) is 1.40. The highest BCUT2D eigenvalue weighted by Crippen LogP contribution is 2.25. The third-order valence-electron chi connectivity index (χ3n) is 3.31. The van der Waals surface area contributed by atoms with Gasteiger partial charge in [-0.05, 0) is 43.2 Å². The van der Waals surface area contributed by atoms with Gasteiger partial charge in [0.05, 0.1) is 7.11 Å². The number of esters is 1. The standard InChI is InChI=1S/C17H18BrNO2/c1-11-4-7-14(8-5-11)19-16(17(20)21-3)13-6-9-15(18)12(2)10-13/h4-10,16,19H,1-3H3. The van der Waals surface area contributed by atoms with Gasteiger partial charge in [0.15, 0.2) is 6.04 Å². The van der Waals surface area contributed by atoms with E-state index in [2.05, 4.69) is 21.2 Å². The zero-order valence-corrected chi connectivity index (χ0v) is 13.9. The predicted octanol–water partition coefficient (Wildman–Crippen LogP) is 4.39. The number of aryl methyl sites for hydroxylation is 2. The minimum atomic E-state index is -0.524. The molecule has 3 nitrogen and oxygen atoms in total. The van der Waals surface area contributed by atoms with Crippen LogP contribution >= 0.6 is 15.9 Å². The summed E-state index contributed by atoms with van der Waals surface area (Å²) in [5, 5.41) is 3.23. The predicted molar refractivity (Wildman–Crippen MR) is 88.4 cm³/mol. The average Bonchev–Trinajstić information content (AvgIpc) is 2.49. The average molecular weight is 348 g/mol. The number of hydrogen-bond acceptors (Lipinski definition) is 3. The number of nitrogens with one attached hydrogen (secondary N) is 1. The summed E-state index contributed by atoms with van der Waals surface area (Å²) < 4.78 is 5.94. The summed E-state index contributed by atoms with van der Waals surface area (Å²) in [6.07, 6.45) is 0. The van der Waals surface area contributed by atoms with Crippen LogP contribution in [0.15, 0.2) is 46.9 Å². The third kappa shape index (κ3) is 3.85. The number of carbonyl (C=O) groups is 1. The Morgan fingerprint density at radius 1 is 1.14 bits per heavy atom. The van der Waals surface area contributed by atoms with Crippen molar-refractivity contribution < 1.29 is 9.53 Å². The van der Waals surface area contributed by atoms with Gasteiger partial charge in [0, 0.05) is 10.2 Å². The van der Waals surface area contributed by atoms with Crippen molar-refractivity contribution >= 4 is 27.6 Å². The molecule has 2 rings (SSSR count). The zero-order valence-electron chi connectivity index (χ0n) is 12.3. The normalized spacial score (nSPS) is 11.8. The lowest BCUT2D eigenvalue weighted by Gasteiger charge is -2.19. The molecule has 0 fully saturated rings. The molecular weight excluding hydrogens is 330 g/mol. The topological polar surface area (TPSA) is 38.3 Å². The van der Waals surface area contributed by atoms with Crippen LogP contribution < -0.4 is 5.32 Å². The van der Waals surface area contributed by atoms with E-state index in [9.17, 15) is 4.79 Å². The molecule has 0 aliphatic heterocycles. The molecule has 0 aliphatic rings. The van der Waals surface area contributed by atoms with Crippen molar-refractivity contribution in [3.8, 4) is 0 Å². The molecule has 2 aromatic rings. The summed E-state index contributed by atoms with van der Waals surface area (Å²) in [4.78, 5) is 12.1. The molecule has 1 atom stereocenters. The third-order valence-corrected chi connectivity index (χ3v) is 4.20. The second-order valence-electron chi connectivity index (χ2n) is 4.98. The largest absolute Gasteiger partial charge is 0.467 e. The van der Waals surface area contributed by atoms with E-state index in [0.717, 1.165) is 21.3 Å². The summed E-state index contributed by atoms with van der Waals surface area (Å²) in [6, 6.07) is 13.2. The lowest BCUT2D eigenvalue weighted by molar-refractivity contribution is -0.141. The maximum Gasteiger partial charge on any atom is 0.332 e. The van der Waals surface area contributed by atoms with Crippen LogP contribution in [-0.4, -0.2) is 13.1 Å². The summed E-state index contributed by atoms with van der Waals surface area (Å²) in [5.74, 6) is -0.308. The van der Waals surface area contributed by atoms with Crippen LogP contribution in [0.1, 0.15) is 22.7 Å². The van der Waals surface area contributed by atoms with E-state index in [1.807, 2.05) is 56.3 Å². The number of anilines is 1. The molecule has 0 bridgehead atoms. The van der Waals surface area contributed by atoms with E-state index in [0.29, 0.717) is 0 Å². The SMILES string of the molecule is COC(=O)C(Nc1ccc(C)cc1)c1ccc(Br)c(C)c1. The van der Waals surface area contributed by atoms with Crippen molar-refractivity contribution in [3.05, 3.63) is 63.6 Å². The molecule has 0 saturated carbocycles. The van der Waals surface area contributed by atoms with E-state index in [-0.39, 0.29) is 5.97 Å². The van der Waals surface area contributed by atoms with Gasteiger partial charge >= 0.3 is 5.97 Å². The Bertz CT molecular complexity index is 638. The molecule has 4 heteroatoms. The Hall–Kier alpha value is -1.81. The van der Waals surface area contributed by atoms with Crippen molar-refractivity contribution in [1.29, 1.82) is 0 Å². The number of rotatable bonds is 4.